The molecule has 0 aliphatic heterocycles. The molecule has 0 bridgehead atoms. The van der Waals surface area contributed by atoms with Crippen LogP contribution in [-0.2, 0) is 0 Å². The highest BCUT2D eigenvalue weighted by atomic mass is 19.1. The summed E-state index contributed by atoms with van der Waals surface area (Å²) in [5.74, 6) is 0.661. The Hall–Kier alpha value is -0.830. The molecule has 0 fully saturated rings. The fourth-order valence-corrected chi connectivity index (χ4v) is 0.967. The van der Waals surface area contributed by atoms with Crippen molar-refractivity contribution >= 4 is 0 Å². The monoisotopic (exact) mass is 157 g/mol. The zero-order chi connectivity index (χ0) is 8.10. The number of alkyl halides is 1. The van der Waals surface area contributed by atoms with Gasteiger partial charge in [-0.15, -0.1) is 0 Å². The molecule has 1 heterocycles. The second-order valence-electron chi connectivity index (χ2n) is 2.28. The summed E-state index contributed by atoms with van der Waals surface area (Å²) in [4.78, 5) is 0. The molecule has 0 amide bonds. The van der Waals surface area contributed by atoms with E-state index in [0.717, 1.165) is 6.54 Å². The van der Waals surface area contributed by atoms with Crippen LogP contribution in [0, 0.1) is 0 Å². The lowest BCUT2D eigenvalue weighted by molar-refractivity contribution is 0.337. The van der Waals surface area contributed by atoms with Crippen LogP contribution in [0.5, 0.6) is 0 Å². The molecule has 0 spiro atoms. The van der Waals surface area contributed by atoms with Gasteiger partial charge in [-0.1, -0.05) is 6.92 Å². The summed E-state index contributed by atoms with van der Waals surface area (Å²) in [7, 11) is 0. The van der Waals surface area contributed by atoms with Crippen LogP contribution in [0.3, 0.4) is 0 Å². The van der Waals surface area contributed by atoms with Gasteiger partial charge in [0.05, 0.1) is 12.3 Å². The molecule has 1 atom stereocenters. The van der Waals surface area contributed by atoms with Crippen LogP contribution in [0.1, 0.15) is 18.7 Å². The molecule has 11 heavy (non-hydrogen) atoms. The molecule has 1 aromatic heterocycles. The lowest BCUT2D eigenvalue weighted by atomic mass is 10.2. The quantitative estimate of drug-likeness (QED) is 0.722. The first-order chi connectivity index (χ1) is 5.38. The van der Waals surface area contributed by atoms with E-state index in [1.54, 1.807) is 18.4 Å². The van der Waals surface area contributed by atoms with Crippen molar-refractivity contribution in [3.05, 3.63) is 24.2 Å². The summed E-state index contributed by atoms with van der Waals surface area (Å²) in [5.41, 5.74) is 0. The van der Waals surface area contributed by atoms with Gasteiger partial charge >= 0.3 is 0 Å². The Morgan fingerprint density at radius 1 is 1.73 bits per heavy atom. The average Bonchev–Trinajstić information content (AvgIpc) is 2.52. The van der Waals surface area contributed by atoms with Crippen LogP contribution < -0.4 is 5.32 Å². The molecule has 0 aliphatic carbocycles. The van der Waals surface area contributed by atoms with E-state index in [1.165, 1.54) is 0 Å². The van der Waals surface area contributed by atoms with Gasteiger partial charge in [0.2, 0.25) is 0 Å². The van der Waals surface area contributed by atoms with Gasteiger partial charge in [-0.3, -0.25) is 0 Å². The van der Waals surface area contributed by atoms with Gasteiger partial charge in [0.1, 0.15) is 12.4 Å². The smallest absolute Gasteiger partial charge is 0.123 e. The third-order valence-corrected chi connectivity index (χ3v) is 1.49. The molecular formula is C8H12FNO. The highest BCUT2D eigenvalue weighted by Gasteiger charge is 2.11. The molecule has 0 aromatic carbocycles. The third-order valence-electron chi connectivity index (χ3n) is 1.49. The minimum Gasteiger partial charge on any atom is -0.468 e. The molecule has 0 aliphatic rings. The predicted molar refractivity (Wildman–Crippen MR) is 41.1 cm³/mol. The lowest BCUT2D eigenvalue weighted by Gasteiger charge is -2.09. The number of hydrogen-bond acceptors (Lipinski definition) is 2. The van der Waals surface area contributed by atoms with Crippen molar-refractivity contribution in [1.29, 1.82) is 0 Å². The van der Waals surface area contributed by atoms with E-state index < -0.39 is 6.67 Å². The molecule has 3 heteroatoms. The number of rotatable bonds is 4. The average molecular weight is 157 g/mol. The van der Waals surface area contributed by atoms with Crippen LogP contribution >= 0.6 is 0 Å². The van der Waals surface area contributed by atoms with Crippen molar-refractivity contribution in [2.75, 3.05) is 13.2 Å². The van der Waals surface area contributed by atoms with E-state index in [1.807, 2.05) is 6.92 Å². The summed E-state index contributed by atoms with van der Waals surface area (Å²) >= 11 is 0. The maximum Gasteiger partial charge on any atom is 0.123 e. The predicted octanol–water partition coefficient (Wildman–Crippen LogP) is 1.90. The van der Waals surface area contributed by atoms with Crippen LogP contribution in [0.2, 0.25) is 0 Å². The molecular weight excluding hydrogens is 145 g/mol. The summed E-state index contributed by atoms with van der Waals surface area (Å²) in [5, 5.41) is 2.97. The number of furan rings is 1. The van der Waals surface area contributed by atoms with E-state index in [0.29, 0.717) is 5.76 Å². The van der Waals surface area contributed by atoms with E-state index in [4.69, 9.17) is 4.42 Å². The van der Waals surface area contributed by atoms with E-state index in [2.05, 4.69) is 5.32 Å². The second-order valence-corrected chi connectivity index (χ2v) is 2.28. The number of hydrogen-bond donors (Lipinski definition) is 1. The second kappa shape index (κ2) is 4.13. The van der Waals surface area contributed by atoms with Crippen molar-refractivity contribution in [3.63, 3.8) is 0 Å². The summed E-state index contributed by atoms with van der Waals surface area (Å²) in [6, 6.07) is 3.25. The van der Waals surface area contributed by atoms with Gasteiger partial charge in [0.15, 0.2) is 0 Å². The van der Waals surface area contributed by atoms with Gasteiger partial charge in [0, 0.05) is 0 Å². The zero-order valence-corrected chi connectivity index (χ0v) is 6.51. The first kappa shape index (κ1) is 8.27. The topological polar surface area (TPSA) is 25.2 Å². The highest BCUT2D eigenvalue weighted by Crippen LogP contribution is 2.12. The molecule has 0 radical (unpaired) electrons. The summed E-state index contributed by atoms with van der Waals surface area (Å²) in [6.07, 6.45) is 1.55. The van der Waals surface area contributed by atoms with Crippen LogP contribution in [0.4, 0.5) is 4.39 Å². The van der Waals surface area contributed by atoms with Crippen LogP contribution in [0.15, 0.2) is 22.8 Å². The molecule has 1 unspecified atom stereocenters. The van der Waals surface area contributed by atoms with Crippen molar-refractivity contribution in [3.8, 4) is 0 Å². The van der Waals surface area contributed by atoms with Crippen molar-refractivity contribution in [2.45, 2.75) is 13.0 Å². The Labute approximate surface area is 65.4 Å². The lowest BCUT2D eigenvalue weighted by Crippen LogP contribution is -2.21. The maximum absolute atomic E-state index is 12.3. The summed E-state index contributed by atoms with van der Waals surface area (Å²) < 4.78 is 17.3. The Balaban J connectivity index is 2.56. The van der Waals surface area contributed by atoms with Crippen molar-refractivity contribution < 1.29 is 8.81 Å². The molecule has 1 N–H and O–H groups in total. The van der Waals surface area contributed by atoms with Gasteiger partial charge < -0.3 is 9.73 Å². The summed E-state index contributed by atoms with van der Waals surface area (Å²) in [6.45, 7) is 2.25. The molecule has 62 valence electrons. The molecule has 1 rings (SSSR count). The third kappa shape index (κ3) is 2.05. The number of halogens is 1. The fourth-order valence-electron chi connectivity index (χ4n) is 0.967. The van der Waals surface area contributed by atoms with E-state index in [9.17, 15) is 4.39 Å². The Morgan fingerprint density at radius 2 is 2.55 bits per heavy atom. The largest absolute Gasteiger partial charge is 0.468 e. The highest BCUT2D eigenvalue weighted by molar-refractivity contribution is 5.04. The van der Waals surface area contributed by atoms with Gasteiger partial charge in [-0.05, 0) is 18.7 Å². The molecule has 0 saturated heterocycles. The standard InChI is InChI=1S/C8H12FNO/c1-2-10-7(6-9)8-4-3-5-11-8/h3-5,7,10H,2,6H2,1H3. The van der Waals surface area contributed by atoms with Gasteiger partial charge in [-0.25, -0.2) is 4.39 Å². The Bertz CT molecular complexity index is 186. The van der Waals surface area contributed by atoms with Gasteiger partial charge in [0.25, 0.3) is 0 Å². The van der Waals surface area contributed by atoms with Crippen molar-refractivity contribution in [2.24, 2.45) is 0 Å². The molecule has 2 nitrogen and oxygen atoms in total. The van der Waals surface area contributed by atoms with Gasteiger partial charge in [-0.2, -0.15) is 0 Å². The Morgan fingerprint density at radius 3 is 3.00 bits per heavy atom. The normalized spacial score (nSPS) is 13.3. The minimum absolute atomic E-state index is 0.282. The first-order valence-corrected chi connectivity index (χ1v) is 3.71. The number of nitrogens with one attached hydrogen (secondary N) is 1. The Kier molecular flexibility index (Phi) is 3.11. The SMILES string of the molecule is CCNC(CF)c1ccco1. The first-order valence-electron chi connectivity index (χ1n) is 3.71. The fraction of sp³-hybridized carbons (Fsp3) is 0.500. The molecule has 0 saturated carbocycles. The zero-order valence-electron chi connectivity index (χ0n) is 6.51. The van der Waals surface area contributed by atoms with E-state index in [-0.39, 0.29) is 6.04 Å². The molecule has 1 aromatic rings. The maximum atomic E-state index is 12.3. The van der Waals surface area contributed by atoms with Crippen LogP contribution in [-0.4, -0.2) is 13.2 Å². The minimum atomic E-state index is -0.429. The van der Waals surface area contributed by atoms with Crippen molar-refractivity contribution in [1.82, 2.24) is 5.32 Å². The van der Waals surface area contributed by atoms with E-state index >= 15 is 0 Å². The van der Waals surface area contributed by atoms with Crippen LogP contribution in [0.25, 0.3) is 0 Å².